The van der Waals surface area contributed by atoms with Crippen molar-refractivity contribution in [3.05, 3.63) is 0 Å². The largest absolute Gasteiger partial charge is 0.301 e. The van der Waals surface area contributed by atoms with Crippen LogP contribution in [0.3, 0.4) is 0 Å². The van der Waals surface area contributed by atoms with Crippen LogP contribution in [0, 0.1) is 23.2 Å². The van der Waals surface area contributed by atoms with E-state index in [1.54, 1.807) is 0 Å². The van der Waals surface area contributed by atoms with E-state index in [1.807, 2.05) is 0 Å². The van der Waals surface area contributed by atoms with E-state index < -0.39 is 0 Å². The Morgan fingerprint density at radius 1 is 1.40 bits per heavy atom. The number of nitriles is 1. The van der Waals surface area contributed by atoms with Crippen LogP contribution in [-0.2, 0) is 0 Å². The Hall–Kier alpha value is -0.550. The monoisotopic (exact) mass is 136 g/mol. The summed E-state index contributed by atoms with van der Waals surface area (Å²) in [4.78, 5) is 0. The van der Waals surface area contributed by atoms with Gasteiger partial charge in [0.25, 0.3) is 0 Å². The average Bonchev–Trinajstić information content (AvgIpc) is 2.44. The molecule has 1 saturated heterocycles. The third kappa shape index (κ3) is 0.741. The zero-order valence-electron chi connectivity index (χ0n) is 6.01. The van der Waals surface area contributed by atoms with Crippen molar-refractivity contribution in [3.8, 4) is 6.07 Å². The number of fused-ring (bicyclic) bond motifs is 1. The summed E-state index contributed by atoms with van der Waals surface area (Å²) in [5.41, 5.74) is 0. The maximum Gasteiger partial charge on any atom is 0.0984 e. The molecule has 2 aliphatic rings. The fourth-order valence-corrected chi connectivity index (χ4v) is 2.33. The van der Waals surface area contributed by atoms with E-state index in [1.165, 1.54) is 19.3 Å². The summed E-state index contributed by atoms with van der Waals surface area (Å²) in [6.45, 7) is 1.09. The summed E-state index contributed by atoms with van der Waals surface area (Å²) in [5, 5.41) is 11.9. The lowest BCUT2D eigenvalue weighted by Gasteiger charge is -2.08. The molecule has 2 heteroatoms. The Balaban J connectivity index is 2.10. The van der Waals surface area contributed by atoms with Crippen LogP contribution < -0.4 is 5.32 Å². The van der Waals surface area contributed by atoms with Crippen LogP contribution in [0.2, 0.25) is 0 Å². The molecule has 0 bridgehead atoms. The minimum absolute atomic E-state index is 0.174. The van der Waals surface area contributed by atoms with Gasteiger partial charge in [0.1, 0.15) is 0 Å². The van der Waals surface area contributed by atoms with Crippen LogP contribution >= 0.6 is 0 Å². The normalized spacial score (nSPS) is 44.9. The Bertz CT molecular complexity index is 171. The quantitative estimate of drug-likeness (QED) is 0.537. The van der Waals surface area contributed by atoms with Gasteiger partial charge in [-0.3, -0.25) is 0 Å². The Morgan fingerprint density at radius 3 is 3.10 bits per heavy atom. The molecule has 10 heavy (non-hydrogen) atoms. The van der Waals surface area contributed by atoms with Crippen LogP contribution in [-0.4, -0.2) is 12.6 Å². The summed E-state index contributed by atoms with van der Waals surface area (Å²) in [6, 6.07) is 2.50. The molecule has 1 aliphatic carbocycles. The summed E-state index contributed by atoms with van der Waals surface area (Å²) in [6.07, 6.45) is 3.96. The van der Waals surface area contributed by atoms with E-state index >= 15 is 0 Å². The minimum Gasteiger partial charge on any atom is -0.301 e. The van der Waals surface area contributed by atoms with Crippen molar-refractivity contribution in [1.29, 1.82) is 5.26 Å². The number of hydrogen-bond acceptors (Lipinski definition) is 2. The second kappa shape index (κ2) is 2.25. The highest BCUT2D eigenvalue weighted by atomic mass is 15.0. The van der Waals surface area contributed by atoms with Crippen LogP contribution in [0.25, 0.3) is 0 Å². The smallest absolute Gasteiger partial charge is 0.0984 e. The molecule has 1 heterocycles. The molecule has 54 valence electrons. The SMILES string of the molecule is N#CC1NC[C@H]2CCC[C@@H]12. The van der Waals surface area contributed by atoms with Gasteiger partial charge >= 0.3 is 0 Å². The number of rotatable bonds is 0. The lowest BCUT2D eigenvalue weighted by Crippen LogP contribution is -2.24. The highest BCUT2D eigenvalue weighted by Crippen LogP contribution is 2.37. The molecule has 2 rings (SSSR count). The molecule has 2 nitrogen and oxygen atoms in total. The van der Waals surface area contributed by atoms with Crippen LogP contribution in [0.5, 0.6) is 0 Å². The van der Waals surface area contributed by atoms with Crippen molar-refractivity contribution >= 4 is 0 Å². The highest BCUT2D eigenvalue weighted by molar-refractivity contribution is 5.04. The number of nitrogens with zero attached hydrogens (tertiary/aromatic N) is 1. The highest BCUT2D eigenvalue weighted by Gasteiger charge is 2.38. The van der Waals surface area contributed by atoms with Crippen LogP contribution in [0.4, 0.5) is 0 Å². The van der Waals surface area contributed by atoms with Crippen molar-refractivity contribution < 1.29 is 0 Å². The van der Waals surface area contributed by atoms with Crippen molar-refractivity contribution in [1.82, 2.24) is 5.32 Å². The molecule has 0 aromatic heterocycles. The Morgan fingerprint density at radius 2 is 2.30 bits per heavy atom. The van der Waals surface area contributed by atoms with E-state index in [4.69, 9.17) is 5.26 Å². The molecule has 1 unspecified atom stereocenters. The first-order chi connectivity index (χ1) is 4.92. The van der Waals surface area contributed by atoms with E-state index in [-0.39, 0.29) is 6.04 Å². The molecule has 0 amide bonds. The van der Waals surface area contributed by atoms with E-state index in [2.05, 4.69) is 11.4 Å². The predicted molar refractivity (Wildman–Crippen MR) is 38.2 cm³/mol. The first-order valence-electron chi connectivity index (χ1n) is 4.05. The van der Waals surface area contributed by atoms with Gasteiger partial charge in [0.2, 0.25) is 0 Å². The van der Waals surface area contributed by atoms with Gasteiger partial charge in [-0.15, -0.1) is 0 Å². The lowest BCUT2D eigenvalue weighted by molar-refractivity contribution is 0.460. The zero-order valence-corrected chi connectivity index (χ0v) is 6.01. The molecule has 3 atom stereocenters. The van der Waals surface area contributed by atoms with Gasteiger partial charge in [0, 0.05) is 0 Å². The van der Waals surface area contributed by atoms with E-state index in [9.17, 15) is 0 Å². The molecule has 0 spiro atoms. The van der Waals surface area contributed by atoms with Gasteiger partial charge in [-0.2, -0.15) is 5.26 Å². The molecule has 0 aromatic carbocycles. The zero-order chi connectivity index (χ0) is 6.97. The van der Waals surface area contributed by atoms with Gasteiger partial charge in [0.05, 0.1) is 12.1 Å². The van der Waals surface area contributed by atoms with Crippen LogP contribution in [0.15, 0.2) is 0 Å². The molecular weight excluding hydrogens is 124 g/mol. The number of nitrogens with one attached hydrogen (secondary N) is 1. The lowest BCUT2D eigenvalue weighted by atomic mass is 9.95. The van der Waals surface area contributed by atoms with Crippen molar-refractivity contribution in [2.45, 2.75) is 25.3 Å². The molecule has 0 radical (unpaired) electrons. The Kier molecular flexibility index (Phi) is 1.39. The molecule has 0 aromatic rings. The first-order valence-corrected chi connectivity index (χ1v) is 4.05. The summed E-state index contributed by atoms with van der Waals surface area (Å²) in [7, 11) is 0. The fraction of sp³-hybridized carbons (Fsp3) is 0.875. The van der Waals surface area contributed by atoms with Crippen molar-refractivity contribution in [3.63, 3.8) is 0 Å². The molecule has 2 fully saturated rings. The maximum atomic E-state index is 8.70. The topological polar surface area (TPSA) is 35.8 Å². The summed E-state index contributed by atoms with van der Waals surface area (Å²) >= 11 is 0. The second-order valence-corrected chi connectivity index (χ2v) is 3.37. The maximum absolute atomic E-state index is 8.70. The standard InChI is InChI=1S/C8H12N2/c9-4-8-7-3-1-2-6(7)5-10-8/h6-8,10H,1-3,5H2/t6-,7-,8?/m1/s1. The van der Waals surface area contributed by atoms with E-state index in [0.29, 0.717) is 5.92 Å². The third-order valence-electron chi connectivity index (χ3n) is 2.89. The van der Waals surface area contributed by atoms with Gasteiger partial charge in [-0.1, -0.05) is 6.42 Å². The second-order valence-electron chi connectivity index (χ2n) is 3.37. The minimum atomic E-state index is 0.174. The van der Waals surface area contributed by atoms with Gasteiger partial charge in [-0.05, 0) is 31.2 Å². The summed E-state index contributed by atoms with van der Waals surface area (Å²) in [5.74, 6) is 1.51. The first kappa shape index (κ1) is 6.18. The van der Waals surface area contributed by atoms with Crippen molar-refractivity contribution in [2.24, 2.45) is 11.8 Å². The van der Waals surface area contributed by atoms with Gasteiger partial charge in [-0.25, -0.2) is 0 Å². The molecule has 1 N–H and O–H groups in total. The molecule has 1 saturated carbocycles. The van der Waals surface area contributed by atoms with Gasteiger partial charge < -0.3 is 5.32 Å². The van der Waals surface area contributed by atoms with Gasteiger partial charge in [0.15, 0.2) is 0 Å². The van der Waals surface area contributed by atoms with Crippen molar-refractivity contribution in [2.75, 3.05) is 6.54 Å². The predicted octanol–water partition coefficient (Wildman–Crippen LogP) is 0.898. The Labute approximate surface area is 61.2 Å². The average molecular weight is 136 g/mol. The molecular formula is C8H12N2. The number of hydrogen-bond donors (Lipinski definition) is 1. The summed E-state index contributed by atoms with van der Waals surface area (Å²) < 4.78 is 0. The third-order valence-corrected chi connectivity index (χ3v) is 2.89. The van der Waals surface area contributed by atoms with E-state index in [0.717, 1.165) is 12.5 Å². The van der Waals surface area contributed by atoms with Crippen LogP contribution in [0.1, 0.15) is 19.3 Å². The fourth-order valence-electron chi connectivity index (χ4n) is 2.33. The molecule has 1 aliphatic heterocycles.